The number of halogens is 1. The molecule has 1 fully saturated rings. The molecule has 1 heterocycles. The number of aryl methyl sites for hydroxylation is 1. The highest BCUT2D eigenvalue weighted by molar-refractivity contribution is 5.60. The second-order valence-electron chi connectivity index (χ2n) is 10.8. The van der Waals surface area contributed by atoms with Gasteiger partial charge in [0.15, 0.2) is 11.6 Å². The first kappa shape index (κ1) is 27.3. The van der Waals surface area contributed by atoms with E-state index in [2.05, 4.69) is 41.8 Å². The molecular formula is C33H41FN2O3. The number of rotatable bonds is 9. The summed E-state index contributed by atoms with van der Waals surface area (Å²) in [4.78, 5) is 4.71. The minimum absolute atomic E-state index is 0.0734. The van der Waals surface area contributed by atoms with E-state index in [4.69, 9.17) is 9.47 Å². The number of piperidine rings is 1. The maximum atomic E-state index is 15.2. The third-order valence-corrected chi connectivity index (χ3v) is 8.46. The third kappa shape index (κ3) is 6.33. The van der Waals surface area contributed by atoms with Gasteiger partial charge in [0.25, 0.3) is 0 Å². The Labute approximate surface area is 232 Å². The van der Waals surface area contributed by atoms with Gasteiger partial charge in [0.05, 0.1) is 7.11 Å². The highest BCUT2D eigenvalue weighted by Crippen LogP contribution is 2.40. The summed E-state index contributed by atoms with van der Waals surface area (Å²) in [5, 5.41) is 9.90. The molecule has 0 spiro atoms. The standard InChI is InChI=1S/C33H41FN2O3/c1-4-35-16-14-28(15-17-35)39-33-13-6-23(18-31(33)34)22-36(5-2)32-21-29(38-3)11-12-30(32)26-8-7-25-20-27(37)10-9-24(25)19-26/h6,9-13,18,20-21,26,28,37H,4-5,7-8,14-17,19,22H2,1-3H3. The van der Waals surface area contributed by atoms with Gasteiger partial charge in [0.1, 0.15) is 17.6 Å². The summed E-state index contributed by atoms with van der Waals surface area (Å²) in [7, 11) is 1.69. The van der Waals surface area contributed by atoms with Crippen LogP contribution in [0.25, 0.3) is 0 Å². The normalized spacial score (nSPS) is 18.0. The Bertz CT molecular complexity index is 1270. The number of hydrogen-bond acceptors (Lipinski definition) is 5. The van der Waals surface area contributed by atoms with Crippen LogP contribution in [0.15, 0.2) is 54.6 Å². The Hall–Kier alpha value is -3.25. The number of phenolic OH excluding ortho intramolecular Hbond substituents is 1. The van der Waals surface area contributed by atoms with Crippen LogP contribution in [0.3, 0.4) is 0 Å². The number of methoxy groups -OCH3 is 1. The molecule has 3 aromatic rings. The van der Waals surface area contributed by atoms with Crippen LogP contribution in [0, 0.1) is 5.82 Å². The maximum absolute atomic E-state index is 15.2. The fraction of sp³-hybridized carbons (Fsp3) is 0.455. The molecule has 208 valence electrons. The van der Waals surface area contributed by atoms with Crippen LogP contribution in [-0.2, 0) is 19.4 Å². The van der Waals surface area contributed by atoms with Gasteiger partial charge < -0.3 is 24.4 Å². The number of likely N-dealkylation sites (tertiary alicyclic amines) is 1. The van der Waals surface area contributed by atoms with Crippen molar-refractivity contribution in [3.63, 3.8) is 0 Å². The average molecular weight is 533 g/mol. The average Bonchev–Trinajstić information content (AvgIpc) is 2.97. The van der Waals surface area contributed by atoms with Gasteiger partial charge in [-0.15, -0.1) is 0 Å². The molecular weight excluding hydrogens is 491 g/mol. The molecule has 39 heavy (non-hydrogen) atoms. The number of anilines is 1. The van der Waals surface area contributed by atoms with Crippen LogP contribution in [0.4, 0.5) is 10.1 Å². The lowest BCUT2D eigenvalue weighted by molar-refractivity contribution is 0.100. The van der Waals surface area contributed by atoms with Gasteiger partial charge in [-0.2, -0.15) is 0 Å². The highest BCUT2D eigenvalue weighted by Gasteiger charge is 2.25. The van der Waals surface area contributed by atoms with Crippen LogP contribution in [0.1, 0.15) is 61.3 Å². The van der Waals surface area contributed by atoms with E-state index in [1.165, 1.54) is 16.7 Å². The van der Waals surface area contributed by atoms with Gasteiger partial charge >= 0.3 is 0 Å². The molecule has 0 saturated carbocycles. The summed E-state index contributed by atoms with van der Waals surface area (Å²) in [5.74, 6) is 1.58. The third-order valence-electron chi connectivity index (χ3n) is 8.46. The van der Waals surface area contributed by atoms with Crippen LogP contribution in [0.5, 0.6) is 17.2 Å². The SMILES string of the molecule is CCN1CCC(Oc2ccc(CN(CC)c3cc(OC)ccc3C3CCc4cc(O)ccc4C3)cc2F)CC1. The van der Waals surface area contributed by atoms with Crippen molar-refractivity contribution in [2.75, 3.05) is 38.2 Å². The van der Waals surface area contributed by atoms with E-state index in [1.54, 1.807) is 25.3 Å². The van der Waals surface area contributed by atoms with Crippen molar-refractivity contribution < 1.29 is 19.0 Å². The molecule has 0 aromatic heterocycles. The minimum Gasteiger partial charge on any atom is -0.508 e. The van der Waals surface area contributed by atoms with Crippen LogP contribution in [-0.4, -0.2) is 49.4 Å². The molecule has 3 aromatic carbocycles. The number of ether oxygens (including phenoxy) is 2. The van der Waals surface area contributed by atoms with Crippen molar-refractivity contribution in [1.29, 1.82) is 0 Å². The van der Waals surface area contributed by atoms with E-state index in [9.17, 15) is 5.11 Å². The molecule has 1 saturated heterocycles. The molecule has 1 aliphatic carbocycles. The fourth-order valence-corrected chi connectivity index (χ4v) is 6.13. The molecule has 2 aliphatic rings. The van der Waals surface area contributed by atoms with Gasteiger partial charge in [-0.3, -0.25) is 0 Å². The van der Waals surface area contributed by atoms with Crippen LogP contribution in [0.2, 0.25) is 0 Å². The summed E-state index contributed by atoms with van der Waals surface area (Å²) in [6.07, 6.45) is 4.84. The zero-order valence-corrected chi connectivity index (χ0v) is 23.5. The Balaban J connectivity index is 1.34. The molecule has 1 atom stereocenters. The van der Waals surface area contributed by atoms with Crippen molar-refractivity contribution in [3.05, 3.63) is 82.7 Å². The smallest absolute Gasteiger partial charge is 0.165 e. The van der Waals surface area contributed by atoms with E-state index in [-0.39, 0.29) is 11.9 Å². The van der Waals surface area contributed by atoms with Crippen molar-refractivity contribution >= 4 is 5.69 Å². The lowest BCUT2D eigenvalue weighted by atomic mass is 9.79. The van der Waals surface area contributed by atoms with Crippen LogP contribution < -0.4 is 14.4 Å². The van der Waals surface area contributed by atoms with Crippen LogP contribution >= 0.6 is 0 Å². The topological polar surface area (TPSA) is 45.2 Å². The summed E-state index contributed by atoms with van der Waals surface area (Å²) in [6, 6.07) is 17.5. The van der Waals surface area contributed by atoms with Crippen molar-refractivity contribution in [1.82, 2.24) is 4.90 Å². The second-order valence-corrected chi connectivity index (χ2v) is 10.8. The lowest BCUT2D eigenvalue weighted by Gasteiger charge is -2.32. The number of fused-ring (bicyclic) bond motifs is 1. The Morgan fingerprint density at radius 2 is 1.79 bits per heavy atom. The molecule has 1 aliphatic heterocycles. The molecule has 1 N–H and O–H groups in total. The van der Waals surface area contributed by atoms with Gasteiger partial charge in [0.2, 0.25) is 0 Å². The zero-order valence-electron chi connectivity index (χ0n) is 23.5. The summed E-state index contributed by atoms with van der Waals surface area (Å²) in [6.45, 7) is 8.76. The van der Waals surface area contributed by atoms with E-state index in [0.717, 1.165) is 75.3 Å². The molecule has 5 nitrogen and oxygen atoms in total. The number of nitrogens with zero attached hydrogens (tertiary/aromatic N) is 2. The number of benzene rings is 3. The predicted octanol–water partition coefficient (Wildman–Crippen LogP) is 6.70. The summed E-state index contributed by atoms with van der Waals surface area (Å²) >= 11 is 0. The largest absolute Gasteiger partial charge is 0.508 e. The maximum Gasteiger partial charge on any atom is 0.165 e. The second kappa shape index (κ2) is 12.3. The Morgan fingerprint density at radius 1 is 0.974 bits per heavy atom. The van der Waals surface area contributed by atoms with Gasteiger partial charge in [-0.1, -0.05) is 25.1 Å². The quantitative estimate of drug-likeness (QED) is 0.332. The summed E-state index contributed by atoms with van der Waals surface area (Å²) < 4.78 is 26.8. The van der Waals surface area contributed by atoms with E-state index < -0.39 is 0 Å². The molecule has 5 rings (SSSR count). The van der Waals surface area contributed by atoms with Crippen molar-refractivity contribution in [2.45, 2.75) is 64.5 Å². The molecule has 6 heteroatoms. The lowest BCUT2D eigenvalue weighted by Crippen LogP contribution is -2.38. The first-order valence-electron chi connectivity index (χ1n) is 14.4. The summed E-state index contributed by atoms with van der Waals surface area (Å²) in [5.41, 5.74) is 5.87. The van der Waals surface area contributed by atoms with Crippen molar-refractivity contribution in [2.24, 2.45) is 0 Å². The van der Waals surface area contributed by atoms with Crippen molar-refractivity contribution in [3.8, 4) is 17.2 Å². The number of phenols is 1. The number of aromatic hydroxyl groups is 1. The fourth-order valence-electron chi connectivity index (χ4n) is 6.13. The van der Waals surface area contributed by atoms with E-state index >= 15 is 4.39 Å². The van der Waals surface area contributed by atoms with Gasteiger partial charge in [-0.05, 0) is 104 Å². The highest BCUT2D eigenvalue weighted by atomic mass is 19.1. The van der Waals surface area contributed by atoms with E-state index in [1.807, 2.05) is 18.2 Å². The molecule has 0 bridgehead atoms. The Kier molecular flexibility index (Phi) is 8.61. The number of hydrogen-bond donors (Lipinski definition) is 1. The molecule has 1 unspecified atom stereocenters. The van der Waals surface area contributed by atoms with Gasteiger partial charge in [-0.25, -0.2) is 4.39 Å². The first-order valence-corrected chi connectivity index (χ1v) is 14.4. The Morgan fingerprint density at radius 3 is 2.51 bits per heavy atom. The van der Waals surface area contributed by atoms with E-state index in [0.29, 0.717) is 24.0 Å². The predicted molar refractivity (Wildman–Crippen MR) is 155 cm³/mol. The monoisotopic (exact) mass is 532 g/mol. The molecule has 0 amide bonds. The minimum atomic E-state index is -0.292. The zero-order chi connectivity index (χ0) is 27.4. The molecule has 0 radical (unpaired) electrons. The van der Waals surface area contributed by atoms with Gasteiger partial charge in [0, 0.05) is 37.9 Å². The first-order chi connectivity index (χ1) is 19.0.